The molecular weight excluding hydrogens is 231 g/mol. The van der Waals surface area contributed by atoms with Crippen molar-refractivity contribution in [2.24, 2.45) is 0 Å². The van der Waals surface area contributed by atoms with Crippen LogP contribution in [0.4, 0.5) is 4.39 Å². The molecule has 0 saturated carbocycles. The molecule has 1 aromatic rings. The smallest absolute Gasteiger partial charge is 0.253 e. The molecule has 3 nitrogen and oxygen atoms in total. The number of amides is 1. The van der Waals surface area contributed by atoms with Gasteiger partial charge in [0.1, 0.15) is 5.82 Å². The van der Waals surface area contributed by atoms with E-state index in [1.807, 2.05) is 11.9 Å². The molecule has 1 fully saturated rings. The third-order valence-corrected chi connectivity index (χ3v) is 3.48. The van der Waals surface area contributed by atoms with Crippen LogP contribution in [0.3, 0.4) is 0 Å². The standard InChI is InChI=1S/C14H19FN2O/c1-10-7-11(9-12(15)8-10)14(18)17-5-3-13(16-2)4-6-17/h7-9,13,16H,3-6H2,1-2H3. The summed E-state index contributed by atoms with van der Waals surface area (Å²) in [6.45, 7) is 3.27. The topological polar surface area (TPSA) is 32.3 Å². The fraction of sp³-hybridized carbons (Fsp3) is 0.500. The maximum Gasteiger partial charge on any atom is 0.253 e. The third kappa shape index (κ3) is 2.88. The number of aryl methyl sites for hydroxylation is 1. The minimum atomic E-state index is -0.344. The maximum atomic E-state index is 13.3. The fourth-order valence-electron chi connectivity index (χ4n) is 2.41. The number of hydrogen-bond donors (Lipinski definition) is 1. The normalized spacial score (nSPS) is 16.9. The number of halogens is 1. The van der Waals surface area contributed by atoms with Crippen LogP contribution in [0.2, 0.25) is 0 Å². The number of benzene rings is 1. The van der Waals surface area contributed by atoms with Crippen molar-refractivity contribution < 1.29 is 9.18 Å². The van der Waals surface area contributed by atoms with E-state index in [2.05, 4.69) is 5.32 Å². The Kier molecular flexibility index (Phi) is 3.97. The van der Waals surface area contributed by atoms with Crippen LogP contribution in [-0.2, 0) is 0 Å². The lowest BCUT2D eigenvalue weighted by molar-refractivity contribution is 0.0706. The molecule has 1 aliphatic rings. The van der Waals surface area contributed by atoms with Crippen LogP contribution in [0.1, 0.15) is 28.8 Å². The van der Waals surface area contributed by atoms with Crippen LogP contribution in [0.25, 0.3) is 0 Å². The summed E-state index contributed by atoms with van der Waals surface area (Å²) in [7, 11) is 1.94. The molecule has 1 aromatic carbocycles. The van der Waals surface area contributed by atoms with E-state index in [4.69, 9.17) is 0 Å². The van der Waals surface area contributed by atoms with Crippen LogP contribution in [-0.4, -0.2) is 37.0 Å². The van der Waals surface area contributed by atoms with E-state index in [9.17, 15) is 9.18 Å². The number of piperidine rings is 1. The predicted octanol–water partition coefficient (Wildman–Crippen LogP) is 1.96. The lowest BCUT2D eigenvalue weighted by Gasteiger charge is -2.31. The summed E-state index contributed by atoms with van der Waals surface area (Å²) in [6.07, 6.45) is 1.91. The Morgan fingerprint density at radius 2 is 2.00 bits per heavy atom. The minimum Gasteiger partial charge on any atom is -0.339 e. The molecule has 0 atom stereocenters. The second-order valence-corrected chi connectivity index (χ2v) is 4.87. The maximum absolute atomic E-state index is 13.3. The Morgan fingerprint density at radius 1 is 1.33 bits per heavy atom. The van der Waals surface area contributed by atoms with Crippen LogP contribution >= 0.6 is 0 Å². The van der Waals surface area contributed by atoms with Crippen LogP contribution in [0.15, 0.2) is 18.2 Å². The Labute approximate surface area is 107 Å². The molecule has 1 aliphatic heterocycles. The molecule has 1 saturated heterocycles. The highest BCUT2D eigenvalue weighted by Crippen LogP contribution is 2.15. The summed E-state index contributed by atoms with van der Waals surface area (Å²) in [4.78, 5) is 14.0. The van der Waals surface area contributed by atoms with Gasteiger partial charge in [-0.3, -0.25) is 4.79 Å². The van der Waals surface area contributed by atoms with Crippen molar-refractivity contribution in [3.8, 4) is 0 Å². The average molecular weight is 250 g/mol. The molecule has 0 unspecified atom stereocenters. The summed E-state index contributed by atoms with van der Waals surface area (Å²) in [5.74, 6) is -0.407. The van der Waals surface area contributed by atoms with E-state index in [1.165, 1.54) is 12.1 Å². The first kappa shape index (κ1) is 13.0. The predicted molar refractivity (Wildman–Crippen MR) is 69.1 cm³/mol. The zero-order chi connectivity index (χ0) is 13.1. The van der Waals surface area contributed by atoms with Gasteiger partial charge in [0.25, 0.3) is 5.91 Å². The number of nitrogens with zero attached hydrogens (tertiary/aromatic N) is 1. The molecule has 1 amide bonds. The summed E-state index contributed by atoms with van der Waals surface area (Å²) >= 11 is 0. The van der Waals surface area contributed by atoms with Gasteiger partial charge in [-0.05, 0) is 50.6 Å². The molecule has 0 radical (unpaired) electrons. The molecule has 2 rings (SSSR count). The molecule has 4 heteroatoms. The monoisotopic (exact) mass is 250 g/mol. The summed E-state index contributed by atoms with van der Waals surface area (Å²) in [5, 5.41) is 3.22. The highest BCUT2D eigenvalue weighted by molar-refractivity contribution is 5.94. The fourth-order valence-corrected chi connectivity index (χ4v) is 2.41. The SMILES string of the molecule is CNC1CCN(C(=O)c2cc(C)cc(F)c2)CC1. The van der Waals surface area contributed by atoms with Crippen molar-refractivity contribution in [1.29, 1.82) is 0 Å². The van der Waals surface area contributed by atoms with Gasteiger partial charge in [-0.25, -0.2) is 4.39 Å². The van der Waals surface area contributed by atoms with Crippen molar-refractivity contribution >= 4 is 5.91 Å². The van der Waals surface area contributed by atoms with E-state index in [0.717, 1.165) is 31.5 Å². The van der Waals surface area contributed by atoms with Gasteiger partial charge in [0.2, 0.25) is 0 Å². The van der Waals surface area contributed by atoms with Crippen molar-refractivity contribution in [3.05, 3.63) is 35.1 Å². The first-order valence-corrected chi connectivity index (χ1v) is 6.34. The second-order valence-electron chi connectivity index (χ2n) is 4.87. The lowest BCUT2D eigenvalue weighted by Crippen LogP contribution is -2.44. The number of nitrogens with one attached hydrogen (secondary N) is 1. The zero-order valence-electron chi connectivity index (χ0n) is 10.9. The highest BCUT2D eigenvalue weighted by Gasteiger charge is 2.22. The van der Waals surface area contributed by atoms with Crippen LogP contribution in [0.5, 0.6) is 0 Å². The number of carbonyl (C=O) groups is 1. The summed E-state index contributed by atoms with van der Waals surface area (Å²) < 4.78 is 13.3. The molecule has 1 N–H and O–H groups in total. The minimum absolute atomic E-state index is 0.0628. The Bertz CT molecular complexity index is 419. The molecule has 0 aromatic heterocycles. The van der Waals surface area contributed by atoms with Crippen molar-refractivity contribution in [1.82, 2.24) is 10.2 Å². The molecule has 18 heavy (non-hydrogen) atoms. The van der Waals surface area contributed by atoms with Gasteiger partial charge in [-0.15, -0.1) is 0 Å². The Morgan fingerprint density at radius 3 is 2.56 bits per heavy atom. The van der Waals surface area contributed by atoms with Gasteiger partial charge in [0.15, 0.2) is 0 Å². The zero-order valence-corrected chi connectivity index (χ0v) is 10.9. The van der Waals surface area contributed by atoms with Crippen molar-refractivity contribution in [3.63, 3.8) is 0 Å². The summed E-state index contributed by atoms with van der Waals surface area (Å²) in [5.41, 5.74) is 1.24. The number of likely N-dealkylation sites (tertiary alicyclic amines) is 1. The van der Waals surface area contributed by atoms with Gasteiger partial charge < -0.3 is 10.2 Å². The van der Waals surface area contributed by atoms with Gasteiger partial charge >= 0.3 is 0 Å². The molecule has 98 valence electrons. The Balaban J connectivity index is 2.07. The van der Waals surface area contributed by atoms with Crippen molar-refractivity contribution in [2.45, 2.75) is 25.8 Å². The van der Waals surface area contributed by atoms with Gasteiger partial charge in [0, 0.05) is 24.7 Å². The molecule has 0 aliphatic carbocycles. The van der Waals surface area contributed by atoms with E-state index >= 15 is 0 Å². The number of rotatable bonds is 2. The average Bonchev–Trinajstić information content (AvgIpc) is 2.37. The molecule has 1 heterocycles. The van der Waals surface area contributed by atoms with E-state index in [0.29, 0.717) is 11.6 Å². The number of hydrogen-bond acceptors (Lipinski definition) is 2. The molecule has 0 bridgehead atoms. The van der Waals surface area contributed by atoms with Gasteiger partial charge in [0.05, 0.1) is 0 Å². The third-order valence-electron chi connectivity index (χ3n) is 3.48. The molecular formula is C14H19FN2O. The first-order chi connectivity index (χ1) is 8.60. The van der Waals surface area contributed by atoms with E-state index in [1.54, 1.807) is 13.0 Å². The molecule has 0 spiro atoms. The second kappa shape index (κ2) is 5.48. The van der Waals surface area contributed by atoms with Gasteiger partial charge in [-0.1, -0.05) is 0 Å². The highest BCUT2D eigenvalue weighted by atomic mass is 19.1. The van der Waals surface area contributed by atoms with E-state index < -0.39 is 0 Å². The first-order valence-electron chi connectivity index (χ1n) is 6.34. The van der Waals surface area contributed by atoms with Crippen LogP contribution in [0, 0.1) is 12.7 Å². The summed E-state index contributed by atoms with van der Waals surface area (Å²) in [6, 6.07) is 4.99. The number of carbonyl (C=O) groups excluding carboxylic acids is 1. The largest absolute Gasteiger partial charge is 0.339 e. The lowest BCUT2D eigenvalue weighted by atomic mass is 10.0. The van der Waals surface area contributed by atoms with Gasteiger partial charge in [-0.2, -0.15) is 0 Å². The quantitative estimate of drug-likeness (QED) is 0.870. The van der Waals surface area contributed by atoms with Crippen LogP contribution < -0.4 is 5.32 Å². The van der Waals surface area contributed by atoms with E-state index in [-0.39, 0.29) is 11.7 Å². The Hall–Kier alpha value is -1.42. The van der Waals surface area contributed by atoms with Crippen molar-refractivity contribution in [2.75, 3.05) is 20.1 Å².